The number of thioether (sulfide) groups is 1. The quantitative estimate of drug-likeness (QED) is 0.235. The van der Waals surface area contributed by atoms with E-state index in [0.29, 0.717) is 11.5 Å². The van der Waals surface area contributed by atoms with Crippen molar-refractivity contribution in [2.45, 2.75) is 95.8 Å². The molecule has 0 radical (unpaired) electrons. The van der Waals surface area contributed by atoms with E-state index in [0.717, 1.165) is 10.6 Å². The molecule has 26 heavy (non-hydrogen) atoms. The highest BCUT2D eigenvalue weighted by atomic mass is 32.2. The second-order valence-electron chi connectivity index (χ2n) is 7.38. The average molecular weight is 379 g/mol. The molecule has 0 spiro atoms. The molecule has 148 valence electrons. The van der Waals surface area contributed by atoms with Gasteiger partial charge in [-0.2, -0.15) is 0 Å². The molecule has 1 aromatic rings. The number of benzene rings is 1. The summed E-state index contributed by atoms with van der Waals surface area (Å²) in [7, 11) is 0. The zero-order valence-corrected chi connectivity index (χ0v) is 17.7. The van der Waals surface area contributed by atoms with E-state index >= 15 is 0 Å². The lowest BCUT2D eigenvalue weighted by molar-refractivity contribution is 0.0693. The summed E-state index contributed by atoms with van der Waals surface area (Å²) >= 11 is 1.74. The molecule has 0 amide bonds. The molecule has 1 atom stereocenters. The van der Waals surface area contributed by atoms with Gasteiger partial charge in [-0.25, -0.2) is 4.79 Å². The highest BCUT2D eigenvalue weighted by Crippen LogP contribution is 2.29. The van der Waals surface area contributed by atoms with Crippen LogP contribution in [0.15, 0.2) is 29.2 Å². The van der Waals surface area contributed by atoms with Gasteiger partial charge in [0, 0.05) is 10.6 Å². The molecule has 3 heteroatoms. The molecule has 0 saturated heterocycles. The fraction of sp³-hybridized carbons (Fsp3) is 0.696. The highest BCUT2D eigenvalue weighted by Gasteiger charge is 2.13. The maximum absolute atomic E-state index is 11.4. The lowest BCUT2D eigenvalue weighted by Crippen LogP contribution is -2.06. The Balaban J connectivity index is 2.46. The molecular formula is C23H38O2S. The molecular weight excluding hydrogens is 340 g/mol. The topological polar surface area (TPSA) is 37.3 Å². The molecule has 1 unspecified atom stereocenters. The maximum atomic E-state index is 11.4. The van der Waals surface area contributed by atoms with Crippen molar-refractivity contribution in [3.8, 4) is 0 Å². The summed E-state index contributed by atoms with van der Waals surface area (Å²) in [6.45, 7) is 4.52. The first-order valence-corrected chi connectivity index (χ1v) is 11.6. The second-order valence-corrected chi connectivity index (χ2v) is 8.45. The highest BCUT2D eigenvalue weighted by molar-refractivity contribution is 7.99. The van der Waals surface area contributed by atoms with Crippen molar-refractivity contribution < 1.29 is 9.90 Å². The minimum atomic E-state index is -0.816. The fourth-order valence-electron chi connectivity index (χ4n) is 3.36. The van der Waals surface area contributed by atoms with Gasteiger partial charge in [-0.15, -0.1) is 11.8 Å². The third-order valence-corrected chi connectivity index (χ3v) is 6.33. The average Bonchev–Trinajstić information content (AvgIpc) is 2.65. The van der Waals surface area contributed by atoms with Crippen LogP contribution in [0.2, 0.25) is 0 Å². The van der Waals surface area contributed by atoms with Crippen LogP contribution >= 0.6 is 11.8 Å². The Morgan fingerprint density at radius 2 is 1.42 bits per heavy atom. The molecule has 0 saturated carbocycles. The molecule has 1 N–H and O–H groups in total. The summed E-state index contributed by atoms with van der Waals surface area (Å²) < 4.78 is 0. The Kier molecular flexibility index (Phi) is 13.4. The first kappa shape index (κ1) is 23.1. The van der Waals surface area contributed by atoms with Crippen LogP contribution in [0.1, 0.15) is 101 Å². The Morgan fingerprint density at radius 1 is 0.885 bits per heavy atom. The third-order valence-electron chi connectivity index (χ3n) is 5.02. The number of hydrogen-bond acceptors (Lipinski definition) is 2. The van der Waals surface area contributed by atoms with Gasteiger partial charge in [0.15, 0.2) is 0 Å². The van der Waals surface area contributed by atoms with E-state index in [1.165, 1.54) is 77.0 Å². The first-order chi connectivity index (χ1) is 12.7. The van der Waals surface area contributed by atoms with Gasteiger partial charge >= 0.3 is 5.97 Å². The summed E-state index contributed by atoms with van der Waals surface area (Å²) in [5.41, 5.74) is 0.446. The lowest BCUT2D eigenvalue weighted by Gasteiger charge is -2.17. The van der Waals surface area contributed by atoms with E-state index in [4.69, 9.17) is 0 Å². The van der Waals surface area contributed by atoms with Gasteiger partial charge in [-0.1, -0.05) is 90.2 Å². The maximum Gasteiger partial charge on any atom is 0.336 e. The summed E-state index contributed by atoms with van der Waals surface area (Å²) in [6.07, 6.45) is 15.9. The minimum absolute atomic E-state index is 0.446. The summed E-state index contributed by atoms with van der Waals surface area (Å²) in [5.74, 6) is 0.944. The molecule has 2 nitrogen and oxygen atoms in total. The monoisotopic (exact) mass is 378 g/mol. The van der Waals surface area contributed by atoms with Crippen LogP contribution in [-0.2, 0) is 0 Å². The normalized spacial score (nSPS) is 12.2. The predicted molar refractivity (Wildman–Crippen MR) is 114 cm³/mol. The van der Waals surface area contributed by atoms with Gasteiger partial charge in [0.2, 0.25) is 0 Å². The number of unbranched alkanes of at least 4 members (excludes halogenated alkanes) is 8. The molecule has 1 rings (SSSR count). The molecule has 0 aromatic heterocycles. The standard InChI is InChI=1S/C23H38O2S/c1-3-5-7-9-10-12-16-20(15-11-8-6-4-2)19-26-22-18-14-13-17-21(22)23(24)25/h13-14,17-18,20H,3-12,15-16,19H2,1-2H3,(H,24,25). The fourth-order valence-corrected chi connectivity index (χ4v) is 4.60. The van der Waals surface area contributed by atoms with Gasteiger partial charge < -0.3 is 5.11 Å². The Morgan fingerprint density at radius 3 is 2.04 bits per heavy atom. The van der Waals surface area contributed by atoms with E-state index in [1.807, 2.05) is 18.2 Å². The van der Waals surface area contributed by atoms with Crippen molar-refractivity contribution in [2.75, 3.05) is 5.75 Å². The molecule has 0 bridgehead atoms. The van der Waals surface area contributed by atoms with Crippen LogP contribution in [0.4, 0.5) is 0 Å². The number of carboxylic acid groups (broad SMARTS) is 1. The first-order valence-electron chi connectivity index (χ1n) is 10.6. The van der Waals surface area contributed by atoms with E-state index in [-0.39, 0.29) is 0 Å². The van der Waals surface area contributed by atoms with E-state index in [2.05, 4.69) is 13.8 Å². The van der Waals surface area contributed by atoms with E-state index in [1.54, 1.807) is 17.8 Å². The number of carbonyl (C=O) groups is 1. The van der Waals surface area contributed by atoms with Crippen molar-refractivity contribution in [2.24, 2.45) is 5.92 Å². The van der Waals surface area contributed by atoms with Gasteiger partial charge in [0.1, 0.15) is 0 Å². The molecule has 0 aliphatic rings. The number of carboxylic acids is 1. The van der Waals surface area contributed by atoms with Gasteiger partial charge in [0.05, 0.1) is 5.56 Å². The third kappa shape index (κ3) is 10.3. The van der Waals surface area contributed by atoms with E-state index < -0.39 is 5.97 Å². The molecule has 0 aliphatic heterocycles. The van der Waals surface area contributed by atoms with Crippen LogP contribution in [0.25, 0.3) is 0 Å². The van der Waals surface area contributed by atoms with Crippen LogP contribution in [0.3, 0.4) is 0 Å². The molecule has 0 aliphatic carbocycles. The lowest BCUT2D eigenvalue weighted by atomic mass is 9.96. The summed E-state index contributed by atoms with van der Waals surface area (Å²) in [6, 6.07) is 7.42. The van der Waals surface area contributed by atoms with Crippen LogP contribution < -0.4 is 0 Å². The van der Waals surface area contributed by atoms with Crippen LogP contribution in [0, 0.1) is 5.92 Å². The Bertz CT molecular complexity index is 487. The molecule has 1 aromatic carbocycles. The van der Waals surface area contributed by atoms with Crippen molar-refractivity contribution in [1.29, 1.82) is 0 Å². The van der Waals surface area contributed by atoms with Crippen LogP contribution in [0.5, 0.6) is 0 Å². The zero-order chi connectivity index (χ0) is 19.0. The SMILES string of the molecule is CCCCCCCCC(CCCCCC)CSc1ccccc1C(=O)O. The Hall–Kier alpha value is -0.960. The summed E-state index contributed by atoms with van der Waals surface area (Å²) in [4.78, 5) is 12.3. The van der Waals surface area contributed by atoms with Gasteiger partial charge in [-0.3, -0.25) is 0 Å². The summed E-state index contributed by atoms with van der Waals surface area (Å²) in [5, 5.41) is 9.36. The van der Waals surface area contributed by atoms with E-state index in [9.17, 15) is 9.90 Å². The number of rotatable bonds is 16. The van der Waals surface area contributed by atoms with Crippen molar-refractivity contribution in [3.05, 3.63) is 29.8 Å². The number of aromatic carboxylic acids is 1. The molecule has 0 fully saturated rings. The molecule has 0 heterocycles. The van der Waals surface area contributed by atoms with Crippen LogP contribution in [-0.4, -0.2) is 16.8 Å². The number of hydrogen-bond donors (Lipinski definition) is 1. The van der Waals surface area contributed by atoms with Crippen molar-refractivity contribution in [1.82, 2.24) is 0 Å². The second kappa shape index (κ2) is 15.1. The van der Waals surface area contributed by atoms with Gasteiger partial charge in [-0.05, 0) is 30.9 Å². The van der Waals surface area contributed by atoms with Crippen molar-refractivity contribution in [3.63, 3.8) is 0 Å². The zero-order valence-electron chi connectivity index (χ0n) is 16.8. The minimum Gasteiger partial charge on any atom is -0.478 e. The smallest absolute Gasteiger partial charge is 0.336 e. The largest absolute Gasteiger partial charge is 0.478 e. The Labute approximate surface area is 165 Å². The predicted octanol–water partition coefficient (Wildman–Crippen LogP) is 7.81. The van der Waals surface area contributed by atoms with Crippen molar-refractivity contribution >= 4 is 17.7 Å². The van der Waals surface area contributed by atoms with Gasteiger partial charge in [0.25, 0.3) is 0 Å².